The molecule has 4 nitrogen and oxygen atoms in total. The van der Waals surface area contributed by atoms with E-state index in [2.05, 4.69) is 11.8 Å². The van der Waals surface area contributed by atoms with Crippen LogP contribution in [0, 0.1) is 0 Å². The first kappa shape index (κ1) is 12.9. The minimum Gasteiger partial charge on any atom is -0.398 e. The Kier molecular flexibility index (Phi) is 4.20. The van der Waals surface area contributed by atoms with Crippen molar-refractivity contribution in [1.29, 1.82) is 0 Å². The second-order valence-corrected chi connectivity index (χ2v) is 4.69. The van der Waals surface area contributed by atoms with Crippen molar-refractivity contribution in [2.24, 2.45) is 0 Å². The van der Waals surface area contributed by atoms with Crippen molar-refractivity contribution in [3.8, 4) is 0 Å². The molecule has 1 aromatic rings. The van der Waals surface area contributed by atoms with Gasteiger partial charge < -0.3 is 15.5 Å². The highest BCUT2D eigenvalue weighted by atomic mass is 16.2. The van der Waals surface area contributed by atoms with Crippen LogP contribution in [0.5, 0.6) is 0 Å². The average molecular weight is 247 g/mol. The number of hydrogen-bond acceptors (Lipinski definition) is 3. The molecule has 1 saturated heterocycles. The van der Waals surface area contributed by atoms with E-state index in [0.717, 1.165) is 38.3 Å². The Bertz CT molecular complexity index is 411. The zero-order valence-electron chi connectivity index (χ0n) is 10.9. The van der Waals surface area contributed by atoms with Crippen molar-refractivity contribution in [2.45, 2.75) is 13.3 Å². The SMILES string of the molecule is CCN1CCN(C(=O)Cc2ccccc2N)CC1. The molecule has 0 bridgehead atoms. The first-order valence-electron chi connectivity index (χ1n) is 6.54. The number of amides is 1. The third-order valence-electron chi connectivity index (χ3n) is 3.57. The number of anilines is 1. The smallest absolute Gasteiger partial charge is 0.227 e. The minimum absolute atomic E-state index is 0.184. The minimum atomic E-state index is 0.184. The molecular formula is C14H21N3O. The number of carbonyl (C=O) groups excluding carboxylic acids is 1. The molecule has 4 heteroatoms. The maximum absolute atomic E-state index is 12.2. The van der Waals surface area contributed by atoms with Crippen LogP contribution in [0.15, 0.2) is 24.3 Å². The third kappa shape index (κ3) is 3.01. The highest BCUT2D eigenvalue weighted by Gasteiger charge is 2.20. The van der Waals surface area contributed by atoms with E-state index in [9.17, 15) is 4.79 Å². The van der Waals surface area contributed by atoms with Crippen LogP contribution in [0.2, 0.25) is 0 Å². The molecule has 0 saturated carbocycles. The molecule has 1 fully saturated rings. The predicted octanol–water partition coefficient (Wildman–Crippen LogP) is 0.975. The summed E-state index contributed by atoms with van der Waals surface area (Å²) in [6.45, 7) is 6.84. The molecule has 0 atom stereocenters. The fourth-order valence-corrected chi connectivity index (χ4v) is 2.28. The van der Waals surface area contributed by atoms with E-state index in [1.54, 1.807) is 0 Å². The highest BCUT2D eigenvalue weighted by molar-refractivity contribution is 5.80. The van der Waals surface area contributed by atoms with Crippen LogP contribution in [-0.2, 0) is 11.2 Å². The summed E-state index contributed by atoms with van der Waals surface area (Å²) >= 11 is 0. The third-order valence-corrected chi connectivity index (χ3v) is 3.57. The van der Waals surface area contributed by atoms with Crippen molar-refractivity contribution in [1.82, 2.24) is 9.80 Å². The van der Waals surface area contributed by atoms with Gasteiger partial charge in [0.25, 0.3) is 0 Å². The van der Waals surface area contributed by atoms with Crippen molar-refractivity contribution in [2.75, 3.05) is 38.5 Å². The number of nitrogens with two attached hydrogens (primary N) is 1. The van der Waals surface area contributed by atoms with Crippen LogP contribution in [0.25, 0.3) is 0 Å². The first-order chi connectivity index (χ1) is 8.70. The van der Waals surface area contributed by atoms with Crippen molar-refractivity contribution in [3.05, 3.63) is 29.8 Å². The van der Waals surface area contributed by atoms with Crippen molar-refractivity contribution >= 4 is 11.6 Å². The number of hydrogen-bond donors (Lipinski definition) is 1. The summed E-state index contributed by atoms with van der Waals surface area (Å²) in [5.74, 6) is 0.184. The van der Waals surface area contributed by atoms with E-state index < -0.39 is 0 Å². The maximum atomic E-state index is 12.2. The second kappa shape index (κ2) is 5.87. The van der Waals surface area contributed by atoms with E-state index in [1.165, 1.54) is 0 Å². The zero-order chi connectivity index (χ0) is 13.0. The summed E-state index contributed by atoms with van der Waals surface area (Å²) in [6, 6.07) is 7.59. The standard InChI is InChI=1S/C14H21N3O/c1-2-16-7-9-17(10-8-16)14(18)11-12-5-3-4-6-13(12)15/h3-6H,2,7-11,15H2,1H3. The fraction of sp³-hybridized carbons (Fsp3) is 0.500. The van der Waals surface area contributed by atoms with Gasteiger partial charge in [-0.1, -0.05) is 25.1 Å². The molecule has 2 rings (SSSR count). The van der Waals surface area contributed by atoms with E-state index in [4.69, 9.17) is 5.73 Å². The summed E-state index contributed by atoms with van der Waals surface area (Å²) in [4.78, 5) is 16.5. The van der Waals surface area contributed by atoms with Gasteiger partial charge in [-0.3, -0.25) is 4.79 Å². The Morgan fingerprint density at radius 2 is 1.89 bits per heavy atom. The van der Waals surface area contributed by atoms with Crippen LogP contribution >= 0.6 is 0 Å². The Balaban J connectivity index is 1.91. The molecule has 0 unspecified atom stereocenters. The van der Waals surface area contributed by atoms with Gasteiger partial charge in [0.2, 0.25) is 5.91 Å². The van der Waals surface area contributed by atoms with Gasteiger partial charge in [-0.05, 0) is 18.2 Å². The van der Waals surface area contributed by atoms with E-state index in [0.29, 0.717) is 12.1 Å². The summed E-state index contributed by atoms with van der Waals surface area (Å²) < 4.78 is 0. The average Bonchev–Trinajstić information content (AvgIpc) is 2.41. The number of piperazine rings is 1. The topological polar surface area (TPSA) is 49.6 Å². The lowest BCUT2D eigenvalue weighted by Gasteiger charge is -2.34. The molecule has 1 aliphatic heterocycles. The van der Waals surface area contributed by atoms with Gasteiger partial charge >= 0.3 is 0 Å². The number of nitrogens with zero attached hydrogens (tertiary/aromatic N) is 2. The number of nitrogen functional groups attached to an aromatic ring is 1. The van der Waals surface area contributed by atoms with Gasteiger partial charge in [0.1, 0.15) is 0 Å². The van der Waals surface area contributed by atoms with E-state index in [1.807, 2.05) is 29.2 Å². The molecule has 0 spiro atoms. The Morgan fingerprint density at radius 1 is 1.22 bits per heavy atom. The van der Waals surface area contributed by atoms with Gasteiger partial charge in [-0.2, -0.15) is 0 Å². The second-order valence-electron chi connectivity index (χ2n) is 4.69. The van der Waals surface area contributed by atoms with Gasteiger partial charge in [0, 0.05) is 31.9 Å². The number of benzene rings is 1. The van der Waals surface area contributed by atoms with E-state index >= 15 is 0 Å². The molecule has 18 heavy (non-hydrogen) atoms. The summed E-state index contributed by atoms with van der Waals surface area (Å²) in [6.07, 6.45) is 0.415. The Hall–Kier alpha value is -1.55. The quantitative estimate of drug-likeness (QED) is 0.810. The van der Waals surface area contributed by atoms with E-state index in [-0.39, 0.29) is 5.91 Å². The molecule has 0 aromatic heterocycles. The molecular weight excluding hydrogens is 226 g/mol. The lowest BCUT2D eigenvalue weighted by atomic mass is 10.1. The molecule has 1 amide bonds. The van der Waals surface area contributed by atoms with Crippen LogP contribution in [0.1, 0.15) is 12.5 Å². The lowest BCUT2D eigenvalue weighted by Crippen LogP contribution is -2.48. The van der Waals surface area contributed by atoms with Gasteiger partial charge in [-0.15, -0.1) is 0 Å². The number of rotatable bonds is 3. The molecule has 0 aliphatic carbocycles. The molecule has 1 heterocycles. The van der Waals surface area contributed by atoms with Crippen molar-refractivity contribution < 1.29 is 4.79 Å². The predicted molar refractivity (Wildman–Crippen MR) is 73.3 cm³/mol. The van der Waals surface area contributed by atoms with Crippen molar-refractivity contribution in [3.63, 3.8) is 0 Å². The van der Waals surface area contributed by atoms with Gasteiger partial charge in [-0.25, -0.2) is 0 Å². The monoisotopic (exact) mass is 247 g/mol. The van der Waals surface area contributed by atoms with Gasteiger partial charge in [0.05, 0.1) is 6.42 Å². The van der Waals surface area contributed by atoms with Crippen LogP contribution in [0.4, 0.5) is 5.69 Å². The van der Waals surface area contributed by atoms with Gasteiger partial charge in [0.15, 0.2) is 0 Å². The summed E-state index contributed by atoms with van der Waals surface area (Å²) in [5.41, 5.74) is 7.50. The molecule has 98 valence electrons. The number of para-hydroxylation sites is 1. The van der Waals surface area contributed by atoms with Crippen LogP contribution in [0.3, 0.4) is 0 Å². The molecule has 1 aliphatic rings. The highest BCUT2D eigenvalue weighted by Crippen LogP contribution is 2.13. The summed E-state index contributed by atoms with van der Waals surface area (Å²) in [7, 11) is 0. The zero-order valence-corrected chi connectivity index (χ0v) is 10.9. The lowest BCUT2D eigenvalue weighted by molar-refractivity contribution is -0.132. The molecule has 1 aromatic carbocycles. The first-order valence-corrected chi connectivity index (χ1v) is 6.54. The largest absolute Gasteiger partial charge is 0.398 e. The van der Waals surface area contributed by atoms with Crippen LogP contribution in [-0.4, -0.2) is 48.4 Å². The molecule has 0 radical (unpaired) electrons. The maximum Gasteiger partial charge on any atom is 0.227 e. The van der Waals surface area contributed by atoms with Crippen LogP contribution < -0.4 is 5.73 Å². The Labute approximate surface area is 108 Å². The normalized spacial score (nSPS) is 16.8. The number of carbonyl (C=O) groups is 1. The Morgan fingerprint density at radius 3 is 2.50 bits per heavy atom. The summed E-state index contributed by atoms with van der Waals surface area (Å²) in [5, 5.41) is 0. The number of likely N-dealkylation sites (N-methyl/N-ethyl adjacent to an activating group) is 1. The fourth-order valence-electron chi connectivity index (χ4n) is 2.28. The molecule has 2 N–H and O–H groups in total.